The van der Waals surface area contributed by atoms with Gasteiger partial charge in [-0.25, -0.2) is 8.42 Å². The molecular formula is C22H25N3O6S. The first-order valence-corrected chi connectivity index (χ1v) is 11.8. The minimum atomic E-state index is -3.96. The number of sulfonamides is 1. The van der Waals surface area contributed by atoms with Crippen molar-refractivity contribution in [2.24, 2.45) is 0 Å². The largest absolute Gasteiger partial charge is 0.497 e. The van der Waals surface area contributed by atoms with E-state index in [0.717, 1.165) is 0 Å². The molecule has 2 aliphatic heterocycles. The highest BCUT2D eigenvalue weighted by Gasteiger charge is 2.40. The molecule has 0 aromatic heterocycles. The summed E-state index contributed by atoms with van der Waals surface area (Å²) in [6.07, 6.45) is 1.00. The highest BCUT2D eigenvalue weighted by atomic mass is 32.2. The van der Waals surface area contributed by atoms with Crippen LogP contribution in [0.3, 0.4) is 0 Å². The molecule has 170 valence electrons. The lowest BCUT2D eigenvalue weighted by Crippen LogP contribution is -2.43. The van der Waals surface area contributed by atoms with Crippen molar-refractivity contribution >= 4 is 33.2 Å². The lowest BCUT2D eigenvalue weighted by molar-refractivity contribution is -0.119. The van der Waals surface area contributed by atoms with E-state index in [-0.39, 0.29) is 23.3 Å². The molecule has 2 aliphatic rings. The molecule has 0 saturated carbocycles. The van der Waals surface area contributed by atoms with Crippen molar-refractivity contribution in [3.63, 3.8) is 0 Å². The Bertz CT molecular complexity index is 1130. The lowest BCUT2D eigenvalue weighted by atomic mass is 10.2. The average molecular weight is 460 g/mol. The zero-order valence-corrected chi connectivity index (χ0v) is 18.7. The summed E-state index contributed by atoms with van der Waals surface area (Å²) in [7, 11) is -2.41. The topological polar surface area (TPSA) is 105 Å². The van der Waals surface area contributed by atoms with Crippen LogP contribution in [0.1, 0.15) is 19.8 Å². The van der Waals surface area contributed by atoms with E-state index in [4.69, 9.17) is 9.47 Å². The zero-order chi connectivity index (χ0) is 22.9. The molecule has 10 heteroatoms. The Morgan fingerprint density at radius 1 is 1.12 bits per heavy atom. The third-order valence-electron chi connectivity index (χ3n) is 5.64. The highest BCUT2D eigenvalue weighted by molar-refractivity contribution is 7.89. The Morgan fingerprint density at radius 2 is 1.88 bits per heavy atom. The smallest absolute Gasteiger partial charge is 0.243 e. The van der Waals surface area contributed by atoms with Gasteiger partial charge in [-0.15, -0.1) is 0 Å². The van der Waals surface area contributed by atoms with Gasteiger partial charge in [0, 0.05) is 19.2 Å². The summed E-state index contributed by atoms with van der Waals surface area (Å²) in [6, 6.07) is 10.5. The summed E-state index contributed by atoms with van der Waals surface area (Å²) in [5.74, 6) is 0.537. The standard InChI is InChI=1S/C22H25N3O6S/c1-15(26)24-12-13-31-21-10-9-18(14-20(21)24)32(28,29)25-11-3-4-19(25)22(27)23-16-5-7-17(30-2)8-6-16/h5-10,14,19H,3-4,11-13H2,1-2H3,(H,23,27)/t19-/m1/s1. The van der Waals surface area contributed by atoms with Gasteiger partial charge in [-0.1, -0.05) is 0 Å². The molecule has 9 nitrogen and oxygen atoms in total. The van der Waals surface area contributed by atoms with Gasteiger partial charge >= 0.3 is 0 Å². The van der Waals surface area contributed by atoms with Gasteiger partial charge in [0.25, 0.3) is 0 Å². The molecule has 1 fully saturated rings. The van der Waals surface area contributed by atoms with Gasteiger partial charge in [-0.3, -0.25) is 9.59 Å². The van der Waals surface area contributed by atoms with E-state index in [1.54, 1.807) is 37.4 Å². The predicted octanol–water partition coefficient (Wildman–Crippen LogP) is 2.23. The van der Waals surface area contributed by atoms with Gasteiger partial charge in [-0.05, 0) is 55.3 Å². The Labute approximate surface area is 187 Å². The summed E-state index contributed by atoms with van der Waals surface area (Å²) in [4.78, 5) is 26.4. The third-order valence-corrected chi connectivity index (χ3v) is 7.55. The summed E-state index contributed by atoms with van der Waals surface area (Å²) in [5, 5.41) is 2.79. The summed E-state index contributed by atoms with van der Waals surface area (Å²) < 4.78 is 38.8. The van der Waals surface area contributed by atoms with Crippen molar-refractivity contribution in [2.75, 3.05) is 37.0 Å². The molecule has 4 rings (SSSR count). The van der Waals surface area contributed by atoms with Crippen LogP contribution in [0.15, 0.2) is 47.4 Å². The summed E-state index contributed by atoms with van der Waals surface area (Å²) >= 11 is 0. The van der Waals surface area contributed by atoms with Crippen molar-refractivity contribution in [3.05, 3.63) is 42.5 Å². The number of fused-ring (bicyclic) bond motifs is 1. The molecule has 0 bridgehead atoms. The molecule has 1 N–H and O–H groups in total. The van der Waals surface area contributed by atoms with Crippen LogP contribution in [0.2, 0.25) is 0 Å². The molecule has 0 aliphatic carbocycles. The summed E-state index contributed by atoms with van der Waals surface area (Å²) in [6.45, 7) is 2.37. The average Bonchev–Trinajstić information content (AvgIpc) is 3.30. The van der Waals surface area contributed by atoms with E-state index in [1.165, 1.54) is 28.3 Å². The van der Waals surface area contributed by atoms with Crippen LogP contribution < -0.4 is 19.7 Å². The molecule has 0 radical (unpaired) electrons. The zero-order valence-electron chi connectivity index (χ0n) is 17.9. The van der Waals surface area contributed by atoms with Crippen LogP contribution in [-0.4, -0.2) is 57.4 Å². The Kier molecular flexibility index (Phi) is 6.07. The Morgan fingerprint density at radius 3 is 2.56 bits per heavy atom. The van der Waals surface area contributed by atoms with Crippen LogP contribution in [0.25, 0.3) is 0 Å². The molecular weight excluding hydrogens is 434 g/mol. The Balaban J connectivity index is 1.58. The van der Waals surface area contributed by atoms with E-state index in [2.05, 4.69) is 5.32 Å². The van der Waals surface area contributed by atoms with E-state index < -0.39 is 16.1 Å². The van der Waals surface area contributed by atoms with E-state index in [1.807, 2.05) is 0 Å². The number of hydrogen-bond donors (Lipinski definition) is 1. The minimum Gasteiger partial charge on any atom is -0.497 e. The maximum absolute atomic E-state index is 13.4. The van der Waals surface area contributed by atoms with Crippen molar-refractivity contribution in [1.29, 1.82) is 0 Å². The molecule has 0 spiro atoms. The van der Waals surface area contributed by atoms with Crippen molar-refractivity contribution in [2.45, 2.75) is 30.7 Å². The summed E-state index contributed by atoms with van der Waals surface area (Å²) in [5.41, 5.74) is 0.978. The van der Waals surface area contributed by atoms with Gasteiger partial charge < -0.3 is 19.7 Å². The SMILES string of the molecule is COc1ccc(NC(=O)[C@H]2CCCN2S(=O)(=O)c2ccc3c(c2)N(C(C)=O)CCO3)cc1. The van der Waals surface area contributed by atoms with Gasteiger partial charge in [-0.2, -0.15) is 4.31 Å². The number of ether oxygens (including phenoxy) is 2. The van der Waals surface area contributed by atoms with Crippen LogP contribution in [0, 0.1) is 0 Å². The number of methoxy groups -OCH3 is 1. The number of anilines is 2. The van der Waals surface area contributed by atoms with Crippen molar-refractivity contribution in [3.8, 4) is 11.5 Å². The molecule has 2 heterocycles. The monoisotopic (exact) mass is 459 g/mol. The molecule has 2 aromatic carbocycles. The third kappa shape index (κ3) is 4.15. The number of hydrogen-bond acceptors (Lipinski definition) is 6. The van der Waals surface area contributed by atoms with E-state index >= 15 is 0 Å². The first-order valence-electron chi connectivity index (χ1n) is 10.3. The number of carbonyl (C=O) groups excluding carboxylic acids is 2. The van der Waals surface area contributed by atoms with Gasteiger partial charge in [0.15, 0.2) is 0 Å². The maximum Gasteiger partial charge on any atom is 0.243 e. The fourth-order valence-corrected chi connectivity index (χ4v) is 5.69. The number of amides is 2. The lowest BCUT2D eigenvalue weighted by Gasteiger charge is -2.30. The van der Waals surface area contributed by atoms with Gasteiger partial charge in [0.05, 0.1) is 24.2 Å². The minimum absolute atomic E-state index is 0.0251. The predicted molar refractivity (Wildman–Crippen MR) is 119 cm³/mol. The molecule has 1 saturated heterocycles. The Hall–Kier alpha value is -3.11. The second-order valence-corrected chi connectivity index (χ2v) is 9.53. The van der Waals surface area contributed by atoms with Crippen LogP contribution in [0.4, 0.5) is 11.4 Å². The molecule has 0 unspecified atom stereocenters. The highest BCUT2D eigenvalue weighted by Crippen LogP contribution is 2.36. The molecule has 32 heavy (non-hydrogen) atoms. The van der Waals surface area contributed by atoms with Crippen molar-refractivity contribution < 1.29 is 27.5 Å². The second kappa shape index (κ2) is 8.79. The van der Waals surface area contributed by atoms with E-state index in [9.17, 15) is 18.0 Å². The number of nitrogens with zero attached hydrogens (tertiary/aromatic N) is 2. The second-order valence-electron chi connectivity index (χ2n) is 7.64. The normalized spacial score (nSPS) is 18.6. The first kappa shape index (κ1) is 22.1. The van der Waals surface area contributed by atoms with Crippen LogP contribution in [-0.2, 0) is 19.6 Å². The number of rotatable bonds is 5. The van der Waals surface area contributed by atoms with Gasteiger partial charge in [0.1, 0.15) is 24.1 Å². The number of nitrogens with one attached hydrogen (secondary N) is 1. The van der Waals surface area contributed by atoms with Crippen LogP contribution in [0.5, 0.6) is 11.5 Å². The molecule has 1 atom stereocenters. The number of carbonyl (C=O) groups is 2. The van der Waals surface area contributed by atoms with Gasteiger partial charge in [0.2, 0.25) is 21.8 Å². The molecule has 2 amide bonds. The fourth-order valence-electron chi connectivity index (χ4n) is 4.01. The molecule has 2 aromatic rings. The fraction of sp³-hybridized carbons (Fsp3) is 0.364. The number of benzene rings is 2. The van der Waals surface area contributed by atoms with Crippen LogP contribution >= 0.6 is 0 Å². The quantitative estimate of drug-likeness (QED) is 0.735. The maximum atomic E-state index is 13.4. The van der Waals surface area contributed by atoms with E-state index in [0.29, 0.717) is 48.9 Å². The van der Waals surface area contributed by atoms with Crippen molar-refractivity contribution in [1.82, 2.24) is 4.31 Å². The first-order chi connectivity index (χ1) is 15.3.